The molecule has 7 heteroatoms. The number of aliphatic hydroxyl groups is 1. The van der Waals surface area contributed by atoms with Crippen LogP contribution in [0.15, 0.2) is 35.2 Å². The Balaban J connectivity index is 2.60. The van der Waals surface area contributed by atoms with Crippen molar-refractivity contribution in [1.29, 1.82) is 0 Å². The van der Waals surface area contributed by atoms with Crippen LogP contribution in [0, 0.1) is 0 Å². The Kier molecular flexibility index (Phi) is 4.62. The van der Waals surface area contributed by atoms with E-state index in [0.717, 1.165) is 0 Å². The molecule has 0 aromatic heterocycles. The van der Waals surface area contributed by atoms with Crippen molar-refractivity contribution in [2.24, 2.45) is 0 Å². The molecule has 0 saturated heterocycles. The Morgan fingerprint density at radius 3 is 2.47 bits per heavy atom. The van der Waals surface area contributed by atoms with Gasteiger partial charge in [0.05, 0.1) is 17.6 Å². The van der Waals surface area contributed by atoms with Gasteiger partial charge in [0.25, 0.3) is 10.1 Å². The molecule has 1 unspecified atom stereocenters. The van der Waals surface area contributed by atoms with E-state index in [-0.39, 0.29) is 4.90 Å². The van der Waals surface area contributed by atoms with Gasteiger partial charge in [-0.05, 0) is 12.1 Å². The molecule has 0 aliphatic heterocycles. The second-order valence-electron chi connectivity index (χ2n) is 3.28. The van der Waals surface area contributed by atoms with Gasteiger partial charge in [0.15, 0.2) is 0 Å². The molecule has 0 heterocycles. The molecule has 1 aromatic carbocycles. The van der Waals surface area contributed by atoms with E-state index in [9.17, 15) is 18.3 Å². The van der Waals surface area contributed by atoms with Crippen molar-refractivity contribution in [1.82, 2.24) is 0 Å². The SMILES string of the molecule is O=C([O-])CC(O)COS(=O)(=O)c1ccccc1. The molecule has 1 N–H and O–H groups in total. The molecule has 17 heavy (non-hydrogen) atoms. The number of carbonyl (C=O) groups is 1. The molecular weight excluding hydrogens is 248 g/mol. The number of benzene rings is 1. The molecule has 0 fully saturated rings. The molecule has 0 aliphatic carbocycles. The quantitative estimate of drug-likeness (QED) is 0.650. The number of carboxylic acid groups (broad SMARTS) is 1. The highest BCUT2D eigenvalue weighted by Crippen LogP contribution is 2.11. The first kappa shape index (κ1) is 13.6. The van der Waals surface area contributed by atoms with Crippen LogP contribution in [0.25, 0.3) is 0 Å². The molecule has 1 rings (SSSR count). The van der Waals surface area contributed by atoms with Gasteiger partial charge in [0.2, 0.25) is 0 Å². The minimum absolute atomic E-state index is 0.0550. The summed E-state index contributed by atoms with van der Waals surface area (Å²) in [5, 5.41) is 19.2. The smallest absolute Gasteiger partial charge is 0.297 e. The van der Waals surface area contributed by atoms with Crippen molar-refractivity contribution >= 4 is 16.1 Å². The third kappa shape index (κ3) is 4.51. The van der Waals surface area contributed by atoms with E-state index in [1.165, 1.54) is 24.3 Å². The second kappa shape index (κ2) is 5.76. The van der Waals surface area contributed by atoms with Gasteiger partial charge in [0, 0.05) is 12.4 Å². The van der Waals surface area contributed by atoms with Gasteiger partial charge < -0.3 is 15.0 Å². The van der Waals surface area contributed by atoms with Gasteiger partial charge in [-0.25, -0.2) is 0 Å². The maximum absolute atomic E-state index is 11.5. The standard InChI is InChI=1S/C10H12O6S/c11-8(6-10(12)13)7-16-17(14,15)9-4-2-1-3-5-9/h1-5,8,11H,6-7H2,(H,12,13)/p-1. The van der Waals surface area contributed by atoms with Gasteiger partial charge in [-0.15, -0.1) is 0 Å². The summed E-state index contributed by atoms with van der Waals surface area (Å²) in [5.41, 5.74) is 0. The van der Waals surface area contributed by atoms with Gasteiger partial charge in [0.1, 0.15) is 0 Å². The molecule has 94 valence electrons. The largest absolute Gasteiger partial charge is 0.550 e. The number of carboxylic acids is 1. The normalized spacial score (nSPS) is 13.2. The molecule has 1 atom stereocenters. The maximum Gasteiger partial charge on any atom is 0.297 e. The Hall–Kier alpha value is -1.44. The lowest BCUT2D eigenvalue weighted by Crippen LogP contribution is -2.30. The van der Waals surface area contributed by atoms with E-state index in [4.69, 9.17) is 5.11 Å². The summed E-state index contributed by atoms with van der Waals surface area (Å²) >= 11 is 0. The topological polar surface area (TPSA) is 104 Å². The fourth-order valence-corrected chi connectivity index (χ4v) is 2.04. The van der Waals surface area contributed by atoms with Crippen molar-refractivity contribution in [2.45, 2.75) is 17.4 Å². The zero-order valence-electron chi connectivity index (χ0n) is 8.78. The fraction of sp³-hybridized carbons (Fsp3) is 0.300. The molecular formula is C10H11O6S-. The Morgan fingerprint density at radius 2 is 1.94 bits per heavy atom. The lowest BCUT2D eigenvalue weighted by Gasteiger charge is -2.11. The monoisotopic (exact) mass is 259 g/mol. The zero-order chi connectivity index (χ0) is 12.9. The summed E-state index contributed by atoms with van der Waals surface area (Å²) in [6.07, 6.45) is -2.09. The van der Waals surface area contributed by atoms with Crippen LogP contribution in [0.4, 0.5) is 0 Å². The summed E-state index contributed by atoms with van der Waals surface area (Å²) in [7, 11) is -3.96. The predicted octanol–water partition coefficient (Wildman–Crippen LogP) is -1.11. The molecule has 0 bridgehead atoms. The van der Waals surface area contributed by atoms with E-state index < -0.39 is 35.2 Å². The maximum atomic E-state index is 11.5. The average Bonchev–Trinajstić information content (AvgIpc) is 2.27. The highest BCUT2D eigenvalue weighted by Gasteiger charge is 2.16. The van der Waals surface area contributed by atoms with E-state index in [1.54, 1.807) is 6.07 Å². The third-order valence-electron chi connectivity index (χ3n) is 1.85. The predicted molar refractivity (Wildman–Crippen MR) is 55.2 cm³/mol. The first-order chi connectivity index (χ1) is 7.92. The Labute approximate surface area is 98.6 Å². The van der Waals surface area contributed by atoms with Crippen LogP contribution < -0.4 is 5.11 Å². The highest BCUT2D eigenvalue weighted by atomic mass is 32.2. The van der Waals surface area contributed by atoms with E-state index in [1.807, 2.05) is 0 Å². The van der Waals surface area contributed by atoms with Crippen molar-refractivity contribution in [3.05, 3.63) is 30.3 Å². The zero-order valence-corrected chi connectivity index (χ0v) is 9.59. The number of rotatable bonds is 6. The Morgan fingerprint density at radius 1 is 1.35 bits per heavy atom. The van der Waals surface area contributed by atoms with Crippen LogP contribution in [-0.4, -0.2) is 32.2 Å². The summed E-state index contributed by atoms with van der Waals surface area (Å²) < 4.78 is 27.6. The average molecular weight is 259 g/mol. The first-order valence-corrected chi connectivity index (χ1v) is 6.15. The Bertz CT molecular complexity index is 467. The third-order valence-corrected chi connectivity index (χ3v) is 3.15. The summed E-state index contributed by atoms with van der Waals surface area (Å²) in [6.45, 7) is -0.620. The molecule has 0 spiro atoms. The number of hydrogen-bond acceptors (Lipinski definition) is 6. The highest BCUT2D eigenvalue weighted by molar-refractivity contribution is 7.86. The van der Waals surface area contributed by atoms with Crippen LogP contribution >= 0.6 is 0 Å². The van der Waals surface area contributed by atoms with Crippen LogP contribution in [0.1, 0.15) is 6.42 Å². The van der Waals surface area contributed by atoms with E-state index in [0.29, 0.717) is 0 Å². The number of hydrogen-bond donors (Lipinski definition) is 1. The number of carbonyl (C=O) groups excluding carboxylic acids is 1. The fourth-order valence-electron chi connectivity index (χ4n) is 1.07. The lowest BCUT2D eigenvalue weighted by atomic mass is 10.3. The van der Waals surface area contributed by atoms with Crippen molar-refractivity contribution < 1.29 is 27.6 Å². The number of aliphatic hydroxyl groups excluding tert-OH is 1. The summed E-state index contributed by atoms with van der Waals surface area (Å²) in [4.78, 5) is 10.1. The van der Waals surface area contributed by atoms with Crippen molar-refractivity contribution in [3.8, 4) is 0 Å². The van der Waals surface area contributed by atoms with Crippen molar-refractivity contribution in [3.63, 3.8) is 0 Å². The van der Waals surface area contributed by atoms with Crippen LogP contribution in [0.2, 0.25) is 0 Å². The van der Waals surface area contributed by atoms with Gasteiger partial charge >= 0.3 is 0 Å². The van der Waals surface area contributed by atoms with Gasteiger partial charge in [-0.3, -0.25) is 4.18 Å². The minimum Gasteiger partial charge on any atom is -0.550 e. The molecule has 1 aromatic rings. The van der Waals surface area contributed by atoms with Crippen LogP contribution in [-0.2, 0) is 19.1 Å². The molecule has 0 aliphatic rings. The molecule has 0 saturated carbocycles. The molecule has 6 nitrogen and oxygen atoms in total. The second-order valence-corrected chi connectivity index (χ2v) is 4.90. The lowest BCUT2D eigenvalue weighted by molar-refractivity contribution is -0.307. The molecule has 0 amide bonds. The van der Waals surface area contributed by atoms with Crippen LogP contribution in [0.3, 0.4) is 0 Å². The van der Waals surface area contributed by atoms with Gasteiger partial charge in [-0.1, -0.05) is 18.2 Å². The minimum atomic E-state index is -3.96. The van der Waals surface area contributed by atoms with E-state index in [2.05, 4.69) is 4.18 Å². The summed E-state index contributed by atoms with van der Waals surface area (Å²) in [5.74, 6) is -1.47. The van der Waals surface area contributed by atoms with E-state index >= 15 is 0 Å². The summed E-state index contributed by atoms with van der Waals surface area (Å²) in [6, 6.07) is 7.35. The van der Waals surface area contributed by atoms with Crippen LogP contribution in [0.5, 0.6) is 0 Å². The van der Waals surface area contributed by atoms with Crippen molar-refractivity contribution in [2.75, 3.05) is 6.61 Å². The number of aliphatic carboxylic acids is 1. The molecule has 0 radical (unpaired) electrons. The van der Waals surface area contributed by atoms with Gasteiger partial charge in [-0.2, -0.15) is 8.42 Å². The first-order valence-electron chi connectivity index (χ1n) is 4.74.